The smallest absolute Gasteiger partial charge is 0.151 e. The maximum absolute atomic E-state index is 14.9. The van der Waals surface area contributed by atoms with E-state index in [-0.39, 0.29) is 11.7 Å². The van der Waals surface area contributed by atoms with Crippen molar-refractivity contribution in [1.29, 1.82) is 0 Å². The lowest BCUT2D eigenvalue weighted by atomic mass is 9.96. The van der Waals surface area contributed by atoms with Crippen LogP contribution in [0.15, 0.2) is 66.9 Å². The quantitative estimate of drug-likeness (QED) is 0.519. The van der Waals surface area contributed by atoms with Crippen molar-refractivity contribution >= 4 is 15.5 Å². The third kappa shape index (κ3) is 3.64. The molecule has 5 nitrogen and oxygen atoms in total. The number of sulfone groups is 1. The van der Waals surface area contributed by atoms with Gasteiger partial charge in [-0.15, -0.1) is 0 Å². The number of fused-ring (bicyclic) bond motifs is 3. The molecule has 2 aromatic carbocycles. The lowest BCUT2D eigenvalue weighted by molar-refractivity contribution is 0.172. The number of hydrogen-bond acceptors (Lipinski definition) is 4. The van der Waals surface area contributed by atoms with Gasteiger partial charge < -0.3 is 9.51 Å². The number of nitrogens with zero attached hydrogens (tertiary/aromatic N) is 2. The Labute approximate surface area is 179 Å². The Morgan fingerprint density at radius 3 is 2.52 bits per heavy atom. The zero-order valence-corrected chi connectivity index (χ0v) is 17.7. The van der Waals surface area contributed by atoms with E-state index in [1.54, 1.807) is 30.5 Å². The van der Waals surface area contributed by atoms with Gasteiger partial charge in [-0.25, -0.2) is 17.8 Å². The average Bonchev–Trinajstić information content (AvgIpc) is 3.24. The Kier molecular flexibility index (Phi) is 4.68. The molecule has 0 amide bonds. The highest BCUT2D eigenvalue weighted by atomic mass is 32.2. The molecule has 0 saturated carbocycles. The number of aromatic nitrogens is 2. The molecule has 0 unspecified atom stereocenters. The summed E-state index contributed by atoms with van der Waals surface area (Å²) in [6.45, 7) is 0. The van der Waals surface area contributed by atoms with Crippen molar-refractivity contribution in [2.45, 2.75) is 24.2 Å². The molecule has 1 aliphatic carbocycles. The molecular weight excluding hydrogens is 415 g/mol. The van der Waals surface area contributed by atoms with Gasteiger partial charge >= 0.3 is 0 Å². The normalized spacial score (nSPS) is 18.4. The molecule has 0 bridgehead atoms. The summed E-state index contributed by atoms with van der Waals surface area (Å²) in [7, 11) is -3.14. The van der Waals surface area contributed by atoms with Gasteiger partial charge in [-0.3, -0.25) is 0 Å². The van der Waals surface area contributed by atoms with Crippen LogP contribution in [0, 0.1) is 5.82 Å². The highest BCUT2D eigenvalue weighted by molar-refractivity contribution is 7.89. The summed E-state index contributed by atoms with van der Waals surface area (Å²) < 4.78 is 39.8. The molecule has 4 aromatic rings. The van der Waals surface area contributed by atoms with Gasteiger partial charge in [-0.05, 0) is 23.1 Å². The summed E-state index contributed by atoms with van der Waals surface area (Å²) in [6, 6.07) is 18.2. The predicted molar refractivity (Wildman–Crippen MR) is 117 cm³/mol. The number of imidazole rings is 1. The summed E-state index contributed by atoms with van der Waals surface area (Å²) in [5.41, 5.74) is 4.71. The summed E-state index contributed by atoms with van der Waals surface area (Å²) in [6.07, 6.45) is 2.75. The van der Waals surface area contributed by atoms with Crippen molar-refractivity contribution in [2.75, 3.05) is 6.26 Å². The van der Waals surface area contributed by atoms with Crippen molar-refractivity contribution < 1.29 is 17.9 Å². The van der Waals surface area contributed by atoms with E-state index in [9.17, 15) is 17.9 Å². The molecular formula is C24H21FN2O3S. The van der Waals surface area contributed by atoms with Gasteiger partial charge in [0.15, 0.2) is 9.84 Å². The van der Waals surface area contributed by atoms with Crippen LogP contribution < -0.4 is 0 Å². The monoisotopic (exact) mass is 436 g/mol. The average molecular weight is 437 g/mol. The molecule has 2 atom stereocenters. The van der Waals surface area contributed by atoms with Crippen LogP contribution in [0.3, 0.4) is 0 Å². The Hall–Kier alpha value is -3.03. The fourth-order valence-electron chi connectivity index (χ4n) is 4.41. The van der Waals surface area contributed by atoms with Gasteiger partial charge in [0.25, 0.3) is 0 Å². The van der Waals surface area contributed by atoms with E-state index < -0.39 is 21.8 Å². The van der Waals surface area contributed by atoms with E-state index in [0.717, 1.165) is 11.3 Å². The van der Waals surface area contributed by atoms with Crippen LogP contribution in [0.5, 0.6) is 0 Å². The van der Waals surface area contributed by atoms with Gasteiger partial charge in [0, 0.05) is 30.0 Å². The SMILES string of the molecule is CS(=O)(=O)Cc1ccc(-c2cn3c4c(nc3cc2F)[C@H](O)C[C@@H]4c2ccccc2)cc1. The molecule has 158 valence electrons. The molecule has 2 aromatic heterocycles. The molecule has 2 heterocycles. The number of hydrogen-bond donors (Lipinski definition) is 1. The largest absolute Gasteiger partial charge is 0.387 e. The van der Waals surface area contributed by atoms with E-state index in [0.29, 0.717) is 34.5 Å². The minimum atomic E-state index is -3.14. The van der Waals surface area contributed by atoms with E-state index in [2.05, 4.69) is 4.98 Å². The van der Waals surface area contributed by atoms with Crippen LogP contribution >= 0.6 is 0 Å². The molecule has 0 fully saturated rings. The molecule has 0 saturated heterocycles. The fourth-order valence-corrected chi connectivity index (χ4v) is 5.21. The number of rotatable bonds is 4. The first kappa shape index (κ1) is 19.9. The Morgan fingerprint density at radius 2 is 1.84 bits per heavy atom. The highest BCUT2D eigenvalue weighted by Crippen LogP contribution is 2.44. The minimum absolute atomic E-state index is 0.0309. The first-order valence-corrected chi connectivity index (χ1v) is 12.1. The summed E-state index contributed by atoms with van der Waals surface area (Å²) in [5, 5.41) is 10.6. The standard InChI is InChI=1S/C24H21FN2O3S/c1-31(29,30)14-15-7-9-17(10-8-15)19-13-27-22(12-20(19)25)26-23-21(28)11-18(24(23)27)16-5-3-2-4-6-16/h2-10,12-13,18,21,28H,11,14H2,1H3/t18-,21-/m1/s1. The number of halogens is 1. The zero-order chi connectivity index (χ0) is 21.8. The molecule has 1 N–H and O–H groups in total. The molecule has 5 rings (SSSR count). The molecule has 0 radical (unpaired) electrons. The van der Waals surface area contributed by atoms with Gasteiger partial charge in [-0.1, -0.05) is 54.6 Å². The van der Waals surface area contributed by atoms with Crippen molar-refractivity contribution in [2.24, 2.45) is 0 Å². The van der Waals surface area contributed by atoms with Crippen LogP contribution in [-0.4, -0.2) is 29.2 Å². The summed E-state index contributed by atoms with van der Waals surface area (Å²) in [4.78, 5) is 4.51. The lowest BCUT2D eigenvalue weighted by Crippen LogP contribution is -2.03. The Morgan fingerprint density at radius 1 is 1.13 bits per heavy atom. The molecule has 0 spiro atoms. The van der Waals surface area contributed by atoms with Gasteiger partial charge in [0.2, 0.25) is 0 Å². The minimum Gasteiger partial charge on any atom is -0.387 e. The van der Waals surface area contributed by atoms with Gasteiger partial charge in [0.05, 0.1) is 23.2 Å². The first-order valence-electron chi connectivity index (χ1n) is 10.0. The van der Waals surface area contributed by atoms with E-state index in [1.807, 2.05) is 34.7 Å². The predicted octanol–water partition coefficient (Wildman–Crippen LogP) is 4.25. The first-order chi connectivity index (χ1) is 14.8. The highest BCUT2D eigenvalue weighted by Gasteiger charge is 2.35. The topological polar surface area (TPSA) is 71.7 Å². The Balaban J connectivity index is 1.61. The van der Waals surface area contributed by atoms with Crippen molar-refractivity contribution in [3.63, 3.8) is 0 Å². The van der Waals surface area contributed by atoms with Gasteiger partial charge in [-0.2, -0.15) is 0 Å². The summed E-state index contributed by atoms with van der Waals surface area (Å²) >= 11 is 0. The molecule has 1 aliphatic rings. The zero-order valence-electron chi connectivity index (χ0n) is 16.9. The van der Waals surface area contributed by atoms with Crippen molar-refractivity contribution in [3.8, 4) is 11.1 Å². The van der Waals surface area contributed by atoms with Crippen LogP contribution in [0.2, 0.25) is 0 Å². The molecule has 7 heteroatoms. The second-order valence-electron chi connectivity index (χ2n) is 8.13. The van der Waals surface area contributed by atoms with Gasteiger partial charge in [0.1, 0.15) is 11.5 Å². The second-order valence-corrected chi connectivity index (χ2v) is 10.3. The third-order valence-corrected chi connectivity index (χ3v) is 6.63. The maximum atomic E-state index is 14.9. The van der Waals surface area contributed by atoms with Crippen LogP contribution in [-0.2, 0) is 15.6 Å². The summed E-state index contributed by atoms with van der Waals surface area (Å²) in [5.74, 6) is -0.505. The number of benzene rings is 2. The van der Waals surface area contributed by atoms with E-state index in [4.69, 9.17) is 0 Å². The fraction of sp³-hybridized carbons (Fsp3) is 0.208. The van der Waals surface area contributed by atoms with Crippen LogP contribution in [0.1, 0.15) is 41.0 Å². The number of aliphatic hydroxyl groups excluding tert-OH is 1. The third-order valence-electron chi connectivity index (χ3n) is 5.78. The maximum Gasteiger partial charge on any atom is 0.151 e. The number of aliphatic hydroxyl groups is 1. The lowest BCUT2D eigenvalue weighted by Gasteiger charge is -2.14. The number of pyridine rings is 1. The van der Waals surface area contributed by atoms with Crippen molar-refractivity contribution in [3.05, 3.63) is 95.2 Å². The molecule has 31 heavy (non-hydrogen) atoms. The van der Waals surface area contributed by atoms with E-state index in [1.165, 1.54) is 12.3 Å². The van der Waals surface area contributed by atoms with Crippen LogP contribution in [0.25, 0.3) is 16.8 Å². The molecule has 0 aliphatic heterocycles. The van der Waals surface area contributed by atoms with E-state index >= 15 is 0 Å². The van der Waals surface area contributed by atoms with Crippen LogP contribution in [0.4, 0.5) is 4.39 Å². The Bertz CT molecular complexity index is 1380. The second kappa shape index (κ2) is 7.28. The van der Waals surface area contributed by atoms with Crippen molar-refractivity contribution in [1.82, 2.24) is 9.38 Å².